The van der Waals surface area contributed by atoms with Gasteiger partial charge in [0.15, 0.2) is 11.5 Å². The van der Waals surface area contributed by atoms with Crippen LogP contribution in [-0.2, 0) is 14.8 Å². The molecular formula is C26H28ClN3O7S. The SMILES string of the molecule is CCOc1ccc(N(CC(=O)N/N=C\c2cc(OC)c(OC)c(OC)c2)S(=O)(=O)c2ccc(Cl)cc2)cc1. The summed E-state index contributed by atoms with van der Waals surface area (Å²) in [6.07, 6.45) is 1.37. The number of carbonyl (C=O) groups excluding carboxylic acids is 1. The van der Waals surface area contributed by atoms with Gasteiger partial charge in [0.25, 0.3) is 15.9 Å². The number of hydrogen-bond donors (Lipinski definition) is 1. The smallest absolute Gasteiger partial charge is 0.264 e. The molecule has 0 heterocycles. The van der Waals surface area contributed by atoms with Crippen molar-refractivity contribution in [3.63, 3.8) is 0 Å². The van der Waals surface area contributed by atoms with E-state index in [9.17, 15) is 13.2 Å². The first-order valence-electron chi connectivity index (χ1n) is 11.4. The van der Waals surface area contributed by atoms with E-state index in [-0.39, 0.29) is 10.6 Å². The minimum absolute atomic E-state index is 0.0236. The van der Waals surface area contributed by atoms with E-state index in [1.165, 1.54) is 51.8 Å². The minimum atomic E-state index is -4.12. The van der Waals surface area contributed by atoms with E-state index in [1.807, 2.05) is 6.92 Å². The van der Waals surface area contributed by atoms with Crippen LogP contribution in [0.1, 0.15) is 12.5 Å². The summed E-state index contributed by atoms with van der Waals surface area (Å²) in [6.45, 7) is 1.76. The summed E-state index contributed by atoms with van der Waals surface area (Å²) in [5, 5.41) is 4.35. The van der Waals surface area contributed by atoms with Gasteiger partial charge in [-0.1, -0.05) is 11.6 Å². The van der Waals surface area contributed by atoms with Crippen LogP contribution in [0.15, 0.2) is 70.7 Å². The van der Waals surface area contributed by atoms with Crippen molar-refractivity contribution in [2.24, 2.45) is 5.10 Å². The Kier molecular flexibility index (Phi) is 9.80. The molecule has 0 aliphatic heterocycles. The third-order valence-electron chi connectivity index (χ3n) is 5.21. The Morgan fingerprint density at radius 3 is 2.11 bits per heavy atom. The third kappa shape index (κ3) is 6.87. The van der Waals surface area contributed by atoms with Crippen molar-refractivity contribution in [2.75, 3.05) is 38.8 Å². The molecule has 0 aliphatic rings. The van der Waals surface area contributed by atoms with Crippen molar-refractivity contribution >= 4 is 39.4 Å². The lowest BCUT2D eigenvalue weighted by atomic mass is 10.2. The largest absolute Gasteiger partial charge is 0.494 e. The number of halogens is 1. The number of carbonyl (C=O) groups is 1. The van der Waals surface area contributed by atoms with E-state index < -0.39 is 22.5 Å². The van der Waals surface area contributed by atoms with E-state index in [0.717, 1.165) is 4.31 Å². The van der Waals surface area contributed by atoms with Gasteiger partial charge >= 0.3 is 0 Å². The van der Waals surface area contributed by atoms with Crippen LogP contribution in [-0.4, -0.2) is 55.0 Å². The molecule has 1 amide bonds. The molecule has 10 nitrogen and oxygen atoms in total. The first-order chi connectivity index (χ1) is 18.2. The van der Waals surface area contributed by atoms with Crippen LogP contribution < -0.4 is 28.7 Å². The number of hydrazone groups is 1. The Labute approximate surface area is 226 Å². The molecule has 3 aromatic carbocycles. The lowest BCUT2D eigenvalue weighted by Crippen LogP contribution is -2.39. The fourth-order valence-electron chi connectivity index (χ4n) is 3.44. The molecule has 0 aromatic heterocycles. The lowest BCUT2D eigenvalue weighted by Gasteiger charge is -2.24. The quantitative estimate of drug-likeness (QED) is 0.261. The molecule has 202 valence electrons. The van der Waals surface area contributed by atoms with Gasteiger partial charge in [0.1, 0.15) is 12.3 Å². The Morgan fingerprint density at radius 2 is 1.58 bits per heavy atom. The number of nitrogens with one attached hydrogen (secondary N) is 1. The summed E-state index contributed by atoms with van der Waals surface area (Å²) in [5.41, 5.74) is 3.19. The van der Waals surface area contributed by atoms with Crippen LogP contribution in [0.4, 0.5) is 5.69 Å². The summed E-state index contributed by atoms with van der Waals surface area (Å²) in [7, 11) is 0.334. The van der Waals surface area contributed by atoms with Crippen LogP contribution >= 0.6 is 11.6 Å². The molecule has 0 saturated heterocycles. The van der Waals surface area contributed by atoms with Gasteiger partial charge in [0, 0.05) is 10.6 Å². The highest BCUT2D eigenvalue weighted by Crippen LogP contribution is 2.37. The van der Waals surface area contributed by atoms with Crippen LogP contribution in [0.2, 0.25) is 5.02 Å². The molecule has 0 aliphatic carbocycles. The first-order valence-corrected chi connectivity index (χ1v) is 13.2. The van der Waals surface area contributed by atoms with Gasteiger partial charge < -0.3 is 18.9 Å². The Bertz CT molecular complexity index is 1350. The number of methoxy groups -OCH3 is 3. The van der Waals surface area contributed by atoms with Gasteiger partial charge in [-0.05, 0) is 67.6 Å². The first kappa shape index (κ1) is 28.6. The fraction of sp³-hybridized carbons (Fsp3) is 0.231. The summed E-state index contributed by atoms with van der Waals surface area (Å²) >= 11 is 5.93. The Balaban J connectivity index is 1.85. The summed E-state index contributed by atoms with van der Waals surface area (Å²) in [4.78, 5) is 12.8. The predicted molar refractivity (Wildman–Crippen MR) is 145 cm³/mol. The van der Waals surface area contributed by atoms with E-state index in [0.29, 0.717) is 40.2 Å². The molecule has 0 bridgehead atoms. The zero-order valence-corrected chi connectivity index (χ0v) is 22.9. The summed E-state index contributed by atoms with van der Waals surface area (Å²) in [5.74, 6) is 1.14. The zero-order chi connectivity index (χ0) is 27.7. The van der Waals surface area contributed by atoms with Gasteiger partial charge in [-0.3, -0.25) is 9.10 Å². The van der Waals surface area contributed by atoms with Crippen molar-refractivity contribution in [1.29, 1.82) is 0 Å². The highest BCUT2D eigenvalue weighted by molar-refractivity contribution is 7.92. The second kappa shape index (κ2) is 13.0. The Hall–Kier alpha value is -3.96. The van der Waals surface area contributed by atoms with Crippen LogP contribution in [0.25, 0.3) is 0 Å². The normalized spacial score (nSPS) is 11.2. The lowest BCUT2D eigenvalue weighted by molar-refractivity contribution is -0.119. The molecule has 38 heavy (non-hydrogen) atoms. The van der Waals surface area contributed by atoms with E-state index in [4.69, 9.17) is 30.5 Å². The summed E-state index contributed by atoms with van der Waals surface area (Å²) in [6, 6.07) is 15.4. The van der Waals surface area contributed by atoms with Gasteiger partial charge in [-0.2, -0.15) is 5.10 Å². The number of rotatable bonds is 12. The van der Waals surface area contributed by atoms with Crippen molar-refractivity contribution in [1.82, 2.24) is 5.43 Å². The highest BCUT2D eigenvalue weighted by Gasteiger charge is 2.27. The van der Waals surface area contributed by atoms with Gasteiger partial charge in [-0.15, -0.1) is 0 Å². The maximum absolute atomic E-state index is 13.5. The topological polar surface area (TPSA) is 116 Å². The van der Waals surface area contributed by atoms with E-state index in [2.05, 4.69) is 10.5 Å². The van der Waals surface area contributed by atoms with Crippen LogP contribution in [0.5, 0.6) is 23.0 Å². The van der Waals surface area contributed by atoms with Crippen molar-refractivity contribution in [3.05, 3.63) is 71.2 Å². The number of benzene rings is 3. The maximum Gasteiger partial charge on any atom is 0.264 e. The van der Waals surface area contributed by atoms with Gasteiger partial charge in [-0.25, -0.2) is 13.8 Å². The zero-order valence-electron chi connectivity index (χ0n) is 21.3. The number of nitrogens with zero attached hydrogens (tertiary/aromatic N) is 2. The second-order valence-corrected chi connectivity index (χ2v) is 9.94. The average molecular weight is 562 g/mol. The van der Waals surface area contributed by atoms with Gasteiger partial charge in [0.2, 0.25) is 5.75 Å². The highest BCUT2D eigenvalue weighted by atomic mass is 35.5. The number of ether oxygens (including phenoxy) is 4. The van der Waals surface area contributed by atoms with Gasteiger partial charge in [0.05, 0.1) is 44.7 Å². The Morgan fingerprint density at radius 1 is 0.974 bits per heavy atom. The monoisotopic (exact) mass is 561 g/mol. The molecule has 0 fully saturated rings. The molecular weight excluding hydrogens is 534 g/mol. The van der Waals surface area contributed by atoms with E-state index in [1.54, 1.807) is 36.4 Å². The van der Waals surface area contributed by atoms with Crippen LogP contribution in [0, 0.1) is 0 Å². The molecule has 0 saturated carbocycles. The average Bonchev–Trinajstić information content (AvgIpc) is 2.92. The predicted octanol–water partition coefficient (Wildman–Crippen LogP) is 4.11. The molecule has 0 atom stereocenters. The van der Waals surface area contributed by atoms with Crippen molar-refractivity contribution in [2.45, 2.75) is 11.8 Å². The third-order valence-corrected chi connectivity index (χ3v) is 7.25. The van der Waals surface area contributed by atoms with Crippen LogP contribution in [0.3, 0.4) is 0 Å². The van der Waals surface area contributed by atoms with Crippen molar-refractivity contribution in [3.8, 4) is 23.0 Å². The standard InChI is InChI=1S/C26H28ClN3O7S/c1-5-37-21-10-8-20(9-11-21)30(38(32,33)22-12-6-19(27)7-13-22)17-25(31)29-28-16-18-14-23(34-2)26(36-4)24(15-18)35-3/h6-16H,5,17H2,1-4H3,(H,29,31)/b28-16-. The van der Waals surface area contributed by atoms with Crippen molar-refractivity contribution < 1.29 is 32.2 Å². The number of anilines is 1. The molecule has 3 rings (SSSR count). The molecule has 3 aromatic rings. The maximum atomic E-state index is 13.5. The molecule has 0 radical (unpaired) electrons. The number of sulfonamides is 1. The summed E-state index contributed by atoms with van der Waals surface area (Å²) < 4.78 is 49.3. The van der Waals surface area contributed by atoms with E-state index >= 15 is 0 Å². The fourth-order valence-corrected chi connectivity index (χ4v) is 4.99. The number of hydrogen-bond acceptors (Lipinski definition) is 8. The molecule has 0 unspecified atom stereocenters. The number of amides is 1. The second-order valence-electron chi connectivity index (χ2n) is 7.64. The molecule has 12 heteroatoms. The molecule has 1 N–H and O–H groups in total. The molecule has 0 spiro atoms. The minimum Gasteiger partial charge on any atom is -0.494 e.